The largest absolute Gasteiger partial charge is 0.336 e. The molecule has 0 saturated carbocycles. The summed E-state index contributed by atoms with van der Waals surface area (Å²) in [4.78, 5) is 0. The van der Waals surface area contributed by atoms with Gasteiger partial charge in [-0.1, -0.05) is 41.4 Å². The number of hydrogen-bond acceptors (Lipinski definition) is 4. The van der Waals surface area contributed by atoms with Crippen molar-refractivity contribution in [2.75, 3.05) is 5.32 Å². The van der Waals surface area contributed by atoms with E-state index in [1.54, 1.807) is 6.07 Å². The van der Waals surface area contributed by atoms with Gasteiger partial charge in [0.1, 0.15) is 11.6 Å². The molecule has 2 aromatic rings. The highest BCUT2D eigenvalue weighted by molar-refractivity contribution is 9.10. The van der Waals surface area contributed by atoms with Gasteiger partial charge in [-0.3, -0.25) is 0 Å². The van der Waals surface area contributed by atoms with Crippen molar-refractivity contribution in [1.29, 1.82) is 5.26 Å². The summed E-state index contributed by atoms with van der Waals surface area (Å²) in [5.74, 6) is 0.437. The van der Waals surface area contributed by atoms with Gasteiger partial charge in [0.25, 0.3) is 0 Å². The van der Waals surface area contributed by atoms with Gasteiger partial charge in [-0.05, 0) is 36.6 Å². The molecule has 1 aromatic carbocycles. The summed E-state index contributed by atoms with van der Waals surface area (Å²) in [5, 5.41) is 21.5. The van der Waals surface area contributed by atoms with Gasteiger partial charge in [0.15, 0.2) is 5.82 Å². The summed E-state index contributed by atoms with van der Waals surface area (Å²) in [6.07, 6.45) is 1.49. The molecule has 0 aliphatic carbocycles. The van der Waals surface area contributed by atoms with Gasteiger partial charge in [-0.25, -0.2) is 0 Å². The maximum atomic E-state index is 9.45. The lowest BCUT2D eigenvalue weighted by Gasteiger charge is -2.13. The molecule has 1 aromatic heterocycles. The second-order valence-electron chi connectivity index (χ2n) is 4.42. The Morgan fingerprint density at radius 1 is 1.29 bits per heavy atom. The van der Waals surface area contributed by atoms with Gasteiger partial charge in [-0.15, -0.1) is 5.10 Å². The highest BCUT2D eigenvalue weighted by Gasteiger charge is 2.15. The van der Waals surface area contributed by atoms with Crippen LogP contribution in [0.25, 0.3) is 0 Å². The van der Waals surface area contributed by atoms with E-state index in [4.69, 9.17) is 11.6 Å². The Bertz CT molecular complexity index is 710. The van der Waals surface area contributed by atoms with Crippen LogP contribution in [0, 0.1) is 11.3 Å². The van der Waals surface area contributed by atoms with Crippen LogP contribution in [0.2, 0.25) is 5.02 Å². The molecule has 0 unspecified atom stereocenters. The molecule has 0 aliphatic rings. The Balaban J connectivity index is 2.50. The number of nitrogens with zero attached hydrogens (tertiary/aromatic N) is 3. The third kappa shape index (κ3) is 3.34. The van der Waals surface area contributed by atoms with Crippen LogP contribution < -0.4 is 5.32 Å². The lowest BCUT2D eigenvalue weighted by Crippen LogP contribution is -2.07. The van der Waals surface area contributed by atoms with E-state index in [0.717, 1.165) is 28.6 Å². The maximum Gasteiger partial charge on any atom is 0.171 e. The first-order valence-corrected chi connectivity index (χ1v) is 7.78. The molecule has 0 fully saturated rings. The molecule has 21 heavy (non-hydrogen) atoms. The predicted molar refractivity (Wildman–Crippen MR) is 87.9 cm³/mol. The monoisotopic (exact) mass is 364 g/mol. The molecule has 4 nitrogen and oxygen atoms in total. The first-order chi connectivity index (χ1) is 10.1. The second kappa shape index (κ2) is 6.88. The summed E-state index contributed by atoms with van der Waals surface area (Å²) >= 11 is 9.56. The van der Waals surface area contributed by atoms with Crippen LogP contribution in [0.5, 0.6) is 0 Å². The number of nitrogens with one attached hydrogen (secondary N) is 1. The molecular formula is C15H14BrClN4. The van der Waals surface area contributed by atoms with E-state index in [1.165, 1.54) is 0 Å². The van der Waals surface area contributed by atoms with Crippen LogP contribution in [0.1, 0.15) is 30.7 Å². The molecule has 0 saturated heterocycles. The number of anilines is 2. The normalized spacial score (nSPS) is 10.2. The van der Waals surface area contributed by atoms with E-state index in [-0.39, 0.29) is 0 Å². The molecule has 0 bridgehead atoms. The number of aryl methyl sites for hydroxylation is 1. The number of nitriles is 1. The highest BCUT2D eigenvalue weighted by Crippen LogP contribution is 2.30. The van der Waals surface area contributed by atoms with Gasteiger partial charge in [0.05, 0.1) is 16.4 Å². The van der Waals surface area contributed by atoms with Crippen LogP contribution in [0.4, 0.5) is 11.5 Å². The van der Waals surface area contributed by atoms with Crippen molar-refractivity contribution in [2.24, 2.45) is 0 Å². The van der Waals surface area contributed by atoms with Crippen LogP contribution in [0.3, 0.4) is 0 Å². The number of rotatable bonds is 4. The Morgan fingerprint density at radius 2 is 2.05 bits per heavy atom. The van der Waals surface area contributed by atoms with Crippen molar-refractivity contribution in [3.63, 3.8) is 0 Å². The lowest BCUT2D eigenvalue weighted by molar-refractivity contribution is 0.877. The van der Waals surface area contributed by atoms with Gasteiger partial charge < -0.3 is 5.32 Å². The van der Waals surface area contributed by atoms with Gasteiger partial charge in [-0.2, -0.15) is 10.4 Å². The van der Waals surface area contributed by atoms with E-state index >= 15 is 0 Å². The van der Waals surface area contributed by atoms with Crippen molar-refractivity contribution in [1.82, 2.24) is 10.2 Å². The SMILES string of the molecule is CCc1nnc(Nc2cc(Br)ccc2Cl)c(C#N)c1CC. The Hall–Kier alpha value is -1.64. The number of aromatic nitrogens is 2. The molecule has 108 valence electrons. The minimum atomic E-state index is 0.437. The lowest BCUT2D eigenvalue weighted by atomic mass is 10.0. The average molecular weight is 366 g/mol. The standard InChI is InChI=1S/C15H14BrClN4/c1-3-10-11(8-18)15(21-20-13(10)4-2)19-14-7-9(16)5-6-12(14)17/h5-7H,3-4H2,1-2H3,(H,19,21). The second-order valence-corrected chi connectivity index (χ2v) is 5.74. The molecular weight excluding hydrogens is 352 g/mol. The Kier molecular flexibility index (Phi) is 5.16. The highest BCUT2D eigenvalue weighted by atomic mass is 79.9. The Morgan fingerprint density at radius 3 is 2.67 bits per heavy atom. The van der Waals surface area contributed by atoms with Crippen molar-refractivity contribution < 1.29 is 0 Å². The van der Waals surface area contributed by atoms with E-state index in [0.29, 0.717) is 22.1 Å². The van der Waals surface area contributed by atoms with Crippen LogP contribution in [0.15, 0.2) is 22.7 Å². The van der Waals surface area contributed by atoms with Crippen molar-refractivity contribution in [3.8, 4) is 6.07 Å². The summed E-state index contributed by atoms with van der Waals surface area (Å²) in [7, 11) is 0. The van der Waals surface area contributed by atoms with E-state index in [9.17, 15) is 5.26 Å². The first kappa shape index (κ1) is 15.7. The maximum absolute atomic E-state index is 9.45. The third-order valence-corrected chi connectivity index (χ3v) is 3.96. The van der Waals surface area contributed by atoms with E-state index < -0.39 is 0 Å². The number of benzene rings is 1. The first-order valence-electron chi connectivity index (χ1n) is 6.61. The molecule has 0 aliphatic heterocycles. The number of hydrogen-bond donors (Lipinski definition) is 1. The molecule has 0 atom stereocenters. The summed E-state index contributed by atoms with van der Waals surface area (Å²) < 4.78 is 0.891. The predicted octanol–water partition coefficient (Wildman–Crippen LogP) is 4.63. The molecule has 2 rings (SSSR count). The zero-order valence-electron chi connectivity index (χ0n) is 11.7. The fraction of sp³-hybridized carbons (Fsp3) is 0.267. The van der Waals surface area contributed by atoms with Gasteiger partial charge in [0.2, 0.25) is 0 Å². The van der Waals surface area contributed by atoms with E-state index in [2.05, 4.69) is 37.5 Å². The smallest absolute Gasteiger partial charge is 0.171 e. The summed E-state index contributed by atoms with van der Waals surface area (Å²) in [5.41, 5.74) is 3.01. The third-order valence-electron chi connectivity index (χ3n) is 3.14. The van der Waals surface area contributed by atoms with Crippen LogP contribution in [-0.4, -0.2) is 10.2 Å². The molecule has 0 spiro atoms. The molecule has 1 N–H and O–H groups in total. The topological polar surface area (TPSA) is 61.6 Å². The van der Waals surface area contributed by atoms with Gasteiger partial charge >= 0.3 is 0 Å². The molecule has 0 radical (unpaired) electrons. The summed E-state index contributed by atoms with van der Waals surface area (Å²) in [6, 6.07) is 7.68. The van der Waals surface area contributed by atoms with Crippen molar-refractivity contribution in [2.45, 2.75) is 26.7 Å². The zero-order valence-corrected chi connectivity index (χ0v) is 14.1. The minimum Gasteiger partial charge on any atom is -0.336 e. The van der Waals surface area contributed by atoms with Crippen LogP contribution >= 0.6 is 27.5 Å². The molecule has 6 heteroatoms. The average Bonchev–Trinajstić information content (AvgIpc) is 2.50. The van der Waals surface area contributed by atoms with Gasteiger partial charge in [0, 0.05) is 4.47 Å². The quantitative estimate of drug-likeness (QED) is 0.858. The zero-order chi connectivity index (χ0) is 15.4. The van der Waals surface area contributed by atoms with Crippen molar-refractivity contribution >= 4 is 39.0 Å². The van der Waals surface area contributed by atoms with Crippen molar-refractivity contribution in [3.05, 3.63) is 44.5 Å². The molecule has 1 heterocycles. The Labute approximate surface area is 137 Å². The fourth-order valence-electron chi connectivity index (χ4n) is 2.10. The summed E-state index contributed by atoms with van der Waals surface area (Å²) in [6.45, 7) is 4.01. The van der Waals surface area contributed by atoms with E-state index in [1.807, 2.05) is 26.0 Å². The molecule has 0 amide bonds. The fourth-order valence-corrected chi connectivity index (χ4v) is 2.63. The minimum absolute atomic E-state index is 0.437. The number of halogens is 2. The van der Waals surface area contributed by atoms with Crippen LogP contribution in [-0.2, 0) is 12.8 Å².